The highest BCUT2D eigenvalue weighted by Crippen LogP contribution is 2.09. The van der Waals surface area contributed by atoms with E-state index in [1.807, 2.05) is 0 Å². The summed E-state index contributed by atoms with van der Waals surface area (Å²) in [5.74, 6) is -0.862. The van der Waals surface area contributed by atoms with Crippen molar-refractivity contribution in [2.75, 3.05) is 5.32 Å². The summed E-state index contributed by atoms with van der Waals surface area (Å²) in [5, 5.41) is 2.67. The van der Waals surface area contributed by atoms with E-state index in [0.717, 1.165) is 0 Å². The summed E-state index contributed by atoms with van der Waals surface area (Å²) in [6.07, 6.45) is 0.394. The van der Waals surface area contributed by atoms with Crippen LogP contribution in [0.4, 0.5) is 5.69 Å². The minimum atomic E-state index is -0.418. The molecule has 0 aromatic heterocycles. The molecule has 0 aliphatic rings. The van der Waals surface area contributed by atoms with Gasteiger partial charge in [0.05, 0.1) is 0 Å². The van der Waals surface area contributed by atoms with Crippen LogP contribution >= 0.6 is 0 Å². The van der Waals surface area contributed by atoms with Crippen LogP contribution in [0, 0.1) is 0 Å². The summed E-state index contributed by atoms with van der Waals surface area (Å²) in [7, 11) is 0. The number of carbonyl (C=O) groups is 3. The molecule has 18 heavy (non-hydrogen) atoms. The van der Waals surface area contributed by atoms with Crippen LogP contribution in [0.2, 0.25) is 0 Å². The fourth-order valence-corrected chi connectivity index (χ4v) is 1.17. The van der Waals surface area contributed by atoms with Gasteiger partial charge >= 0.3 is 0 Å². The number of rotatable bonds is 3. The Kier molecular flexibility index (Phi) is 4.86. The molecule has 96 valence electrons. The summed E-state index contributed by atoms with van der Waals surface area (Å²) in [6, 6.07) is 6.36. The van der Waals surface area contributed by atoms with Crippen molar-refractivity contribution in [1.29, 1.82) is 0 Å². The first-order valence-electron chi connectivity index (χ1n) is 5.49. The Morgan fingerprint density at radius 2 is 1.67 bits per heavy atom. The standard InChI is InChI=1S/C12H15N3O3/c1-3-11(17)13-10-6-4-9(5-7-10)12(18)15-14-8(2)16/h4-7H,3H2,1-2H3,(H,13,17)(H,14,16)(H,15,18). The van der Waals surface area contributed by atoms with Gasteiger partial charge in [0.15, 0.2) is 0 Å². The van der Waals surface area contributed by atoms with Gasteiger partial charge in [-0.15, -0.1) is 0 Å². The van der Waals surface area contributed by atoms with Crippen LogP contribution in [0.5, 0.6) is 0 Å². The monoisotopic (exact) mass is 249 g/mol. The lowest BCUT2D eigenvalue weighted by atomic mass is 10.2. The zero-order valence-corrected chi connectivity index (χ0v) is 10.2. The van der Waals surface area contributed by atoms with Gasteiger partial charge in [0, 0.05) is 24.6 Å². The molecule has 3 amide bonds. The molecule has 3 N–H and O–H groups in total. The minimum absolute atomic E-state index is 0.0922. The van der Waals surface area contributed by atoms with Crippen molar-refractivity contribution in [2.24, 2.45) is 0 Å². The van der Waals surface area contributed by atoms with Gasteiger partial charge in [-0.2, -0.15) is 0 Å². The van der Waals surface area contributed by atoms with Crippen LogP contribution in [0.3, 0.4) is 0 Å². The SMILES string of the molecule is CCC(=O)Nc1ccc(C(=O)NNC(C)=O)cc1. The zero-order valence-electron chi connectivity index (χ0n) is 10.2. The van der Waals surface area contributed by atoms with Crippen LogP contribution in [0.15, 0.2) is 24.3 Å². The van der Waals surface area contributed by atoms with Crippen LogP contribution < -0.4 is 16.2 Å². The molecule has 0 unspecified atom stereocenters. The Hall–Kier alpha value is -2.37. The molecule has 0 atom stereocenters. The van der Waals surface area contributed by atoms with E-state index in [1.54, 1.807) is 31.2 Å². The third-order valence-electron chi connectivity index (χ3n) is 2.10. The van der Waals surface area contributed by atoms with E-state index in [-0.39, 0.29) is 11.8 Å². The van der Waals surface area contributed by atoms with Crippen LogP contribution in [-0.4, -0.2) is 17.7 Å². The van der Waals surface area contributed by atoms with Crippen LogP contribution in [0.25, 0.3) is 0 Å². The fourth-order valence-electron chi connectivity index (χ4n) is 1.17. The van der Waals surface area contributed by atoms with Crippen molar-refractivity contribution in [3.05, 3.63) is 29.8 Å². The number of hydrogen-bond acceptors (Lipinski definition) is 3. The average Bonchev–Trinajstić information content (AvgIpc) is 2.36. The van der Waals surface area contributed by atoms with Gasteiger partial charge in [0.2, 0.25) is 11.8 Å². The molecule has 0 heterocycles. The molecule has 1 aromatic carbocycles. The predicted molar refractivity (Wildman–Crippen MR) is 66.6 cm³/mol. The van der Waals surface area contributed by atoms with Crippen LogP contribution in [0.1, 0.15) is 30.6 Å². The first kappa shape index (κ1) is 13.7. The molecule has 6 nitrogen and oxygen atoms in total. The first-order chi connectivity index (χ1) is 8.52. The molecule has 0 bridgehead atoms. The first-order valence-corrected chi connectivity index (χ1v) is 5.49. The molecule has 0 saturated heterocycles. The van der Waals surface area contributed by atoms with Gasteiger partial charge in [-0.05, 0) is 24.3 Å². The Morgan fingerprint density at radius 1 is 1.06 bits per heavy atom. The summed E-state index contributed by atoms with van der Waals surface area (Å²) in [5.41, 5.74) is 5.45. The highest BCUT2D eigenvalue weighted by Gasteiger charge is 2.06. The summed E-state index contributed by atoms with van der Waals surface area (Å²) >= 11 is 0. The van der Waals surface area contributed by atoms with Gasteiger partial charge in [0.25, 0.3) is 5.91 Å². The van der Waals surface area contributed by atoms with E-state index in [2.05, 4.69) is 16.2 Å². The molecular formula is C12H15N3O3. The summed E-state index contributed by atoms with van der Waals surface area (Å²) in [4.78, 5) is 33.3. The molecule has 0 radical (unpaired) electrons. The van der Waals surface area contributed by atoms with E-state index < -0.39 is 5.91 Å². The second kappa shape index (κ2) is 6.39. The normalized spacial score (nSPS) is 9.44. The maximum absolute atomic E-state index is 11.5. The van der Waals surface area contributed by atoms with Crippen molar-refractivity contribution >= 4 is 23.4 Å². The molecule has 6 heteroatoms. The third kappa shape index (κ3) is 4.25. The van der Waals surface area contributed by atoms with Gasteiger partial charge in [-0.3, -0.25) is 25.2 Å². The van der Waals surface area contributed by atoms with Gasteiger partial charge < -0.3 is 5.32 Å². The van der Waals surface area contributed by atoms with E-state index in [0.29, 0.717) is 17.7 Å². The average molecular weight is 249 g/mol. The lowest BCUT2D eigenvalue weighted by molar-refractivity contribution is -0.119. The molecule has 0 aliphatic heterocycles. The molecule has 1 rings (SSSR count). The highest BCUT2D eigenvalue weighted by molar-refractivity contribution is 5.96. The Bertz CT molecular complexity index is 454. The molecular weight excluding hydrogens is 234 g/mol. The van der Waals surface area contributed by atoms with E-state index in [9.17, 15) is 14.4 Å². The van der Waals surface area contributed by atoms with Crippen molar-refractivity contribution < 1.29 is 14.4 Å². The number of hydrogen-bond donors (Lipinski definition) is 3. The molecule has 0 saturated carbocycles. The highest BCUT2D eigenvalue weighted by atomic mass is 16.2. The van der Waals surface area contributed by atoms with Gasteiger partial charge in [-0.1, -0.05) is 6.92 Å². The molecule has 0 fully saturated rings. The van der Waals surface area contributed by atoms with Crippen LogP contribution in [-0.2, 0) is 9.59 Å². The number of hydrazine groups is 1. The van der Waals surface area contributed by atoms with Crippen molar-refractivity contribution in [3.63, 3.8) is 0 Å². The number of amides is 3. The van der Waals surface area contributed by atoms with Crippen molar-refractivity contribution in [1.82, 2.24) is 10.9 Å². The van der Waals surface area contributed by atoms with Crippen molar-refractivity contribution in [3.8, 4) is 0 Å². The summed E-state index contributed by atoms with van der Waals surface area (Å²) in [6.45, 7) is 3.05. The molecule has 0 aliphatic carbocycles. The van der Waals surface area contributed by atoms with Crippen molar-refractivity contribution in [2.45, 2.75) is 20.3 Å². The zero-order chi connectivity index (χ0) is 13.5. The lowest BCUT2D eigenvalue weighted by Crippen LogP contribution is -2.40. The van der Waals surface area contributed by atoms with E-state index in [1.165, 1.54) is 6.92 Å². The largest absolute Gasteiger partial charge is 0.326 e. The van der Waals surface area contributed by atoms with Gasteiger partial charge in [-0.25, -0.2) is 0 Å². The fraction of sp³-hybridized carbons (Fsp3) is 0.250. The van der Waals surface area contributed by atoms with Gasteiger partial charge in [0.1, 0.15) is 0 Å². The second-order valence-corrected chi connectivity index (χ2v) is 3.61. The third-order valence-corrected chi connectivity index (χ3v) is 2.10. The number of carbonyl (C=O) groups excluding carboxylic acids is 3. The summed E-state index contributed by atoms with van der Waals surface area (Å²) < 4.78 is 0. The second-order valence-electron chi connectivity index (χ2n) is 3.61. The topological polar surface area (TPSA) is 87.3 Å². The van der Waals surface area contributed by atoms with E-state index in [4.69, 9.17) is 0 Å². The maximum Gasteiger partial charge on any atom is 0.269 e. The Balaban J connectivity index is 2.62. The maximum atomic E-state index is 11.5. The van der Waals surface area contributed by atoms with E-state index >= 15 is 0 Å². The Labute approximate surface area is 105 Å². The number of anilines is 1. The quantitative estimate of drug-likeness (QED) is 0.693. The predicted octanol–water partition coefficient (Wildman–Crippen LogP) is 0.816. The molecule has 1 aromatic rings. The smallest absolute Gasteiger partial charge is 0.269 e. The Morgan fingerprint density at radius 3 is 2.17 bits per heavy atom. The number of nitrogens with one attached hydrogen (secondary N) is 3. The lowest BCUT2D eigenvalue weighted by Gasteiger charge is -2.06. The molecule has 0 spiro atoms. The minimum Gasteiger partial charge on any atom is -0.326 e. The number of benzene rings is 1.